The van der Waals surface area contributed by atoms with Crippen LogP contribution in [0.15, 0.2) is 0 Å². The molecule has 5 heteroatoms. The predicted octanol–water partition coefficient (Wildman–Crippen LogP) is -0.672. The van der Waals surface area contributed by atoms with E-state index in [0.717, 1.165) is 0 Å². The predicted molar refractivity (Wildman–Crippen MR) is 50.7 cm³/mol. The maximum absolute atomic E-state index is 9.80. The Hall–Kier alpha value is -0.200. The van der Waals surface area contributed by atoms with Crippen molar-refractivity contribution in [2.24, 2.45) is 11.7 Å². The van der Waals surface area contributed by atoms with Crippen LogP contribution in [-0.2, 0) is 14.2 Å². The molecule has 1 fully saturated rings. The Labute approximate surface area is 84.1 Å². The average molecular weight is 205 g/mol. The van der Waals surface area contributed by atoms with Gasteiger partial charge in [0.25, 0.3) is 0 Å². The van der Waals surface area contributed by atoms with Gasteiger partial charge in [0.05, 0.1) is 24.9 Å². The largest absolute Gasteiger partial charge is 0.391 e. The lowest BCUT2D eigenvalue weighted by Gasteiger charge is -2.41. The summed E-state index contributed by atoms with van der Waals surface area (Å²) in [6, 6.07) is -0.497. The molecule has 0 spiro atoms. The van der Waals surface area contributed by atoms with Crippen molar-refractivity contribution in [3.63, 3.8) is 0 Å². The number of aliphatic hydroxyl groups excluding tert-OH is 1. The summed E-state index contributed by atoms with van der Waals surface area (Å²) in [6.45, 7) is 2.32. The Balaban J connectivity index is 2.63. The first kappa shape index (κ1) is 11.9. The third-order valence-electron chi connectivity index (χ3n) is 2.71. The summed E-state index contributed by atoms with van der Waals surface area (Å²) < 4.78 is 15.6. The number of nitrogens with two attached hydrogens (primary N) is 1. The van der Waals surface area contributed by atoms with Gasteiger partial charge in [0.1, 0.15) is 0 Å². The van der Waals surface area contributed by atoms with Crippen LogP contribution in [0.5, 0.6) is 0 Å². The molecular formula is C9H19NO4. The summed E-state index contributed by atoms with van der Waals surface area (Å²) in [6.07, 6.45) is -1.34. The van der Waals surface area contributed by atoms with E-state index in [-0.39, 0.29) is 12.0 Å². The topological polar surface area (TPSA) is 73.9 Å². The third-order valence-corrected chi connectivity index (χ3v) is 2.71. The van der Waals surface area contributed by atoms with Gasteiger partial charge in [0.2, 0.25) is 0 Å². The average Bonchev–Trinajstić information content (AvgIpc) is 2.19. The zero-order valence-electron chi connectivity index (χ0n) is 8.84. The molecule has 0 aromatic rings. The van der Waals surface area contributed by atoms with Gasteiger partial charge in [-0.2, -0.15) is 0 Å². The van der Waals surface area contributed by atoms with E-state index in [9.17, 15) is 5.11 Å². The minimum atomic E-state index is -0.617. The molecule has 1 saturated heterocycles. The smallest absolute Gasteiger partial charge is 0.175 e. The Bertz CT molecular complexity index is 174. The Morgan fingerprint density at radius 2 is 2.07 bits per heavy atom. The fourth-order valence-electron chi connectivity index (χ4n) is 1.69. The van der Waals surface area contributed by atoms with Crippen LogP contribution in [0, 0.1) is 5.92 Å². The molecule has 84 valence electrons. The van der Waals surface area contributed by atoms with Gasteiger partial charge < -0.3 is 25.1 Å². The Kier molecular flexibility index (Phi) is 4.28. The molecule has 0 aliphatic carbocycles. The number of methoxy groups -OCH3 is 2. The molecule has 0 aromatic heterocycles. The molecule has 1 heterocycles. The van der Waals surface area contributed by atoms with Crippen LogP contribution >= 0.6 is 0 Å². The summed E-state index contributed by atoms with van der Waals surface area (Å²) in [5.74, 6) is -0.0450. The standard InChI is InChI=1S/C9H19NO4/c1-5-6(4-12-2)14-9(13-3)7(10)8(5)11/h5-9,11H,4,10H2,1-3H3. The Morgan fingerprint density at radius 1 is 1.43 bits per heavy atom. The monoisotopic (exact) mass is 205 g/mol. The summed E-state index contributed by atoms with van der Waals surface area (Å²) in [7, 11) is 3.11. The van der Waals surface area contributed by atoms with Gasteiger partial charge >= 0.3 is 0 Å². The molecule has 1 rings (SSSR count). The van der Waals surface area contributed by atoms with Crippen molar-refractivity contribution in [3.05, 3.63) is 0 Å². The molecule has 0 bridgehead atoms. The molecule has 5 nitrogen and oxygen atoms in total. The van der Waals surface area contributed by atoms with Crippen molar-refractivity contribution >= 4 is 0 Å². The van der Waals surface area contributed by atoms with Crippen LogP contribution in [-0.4, -0.2) is 50.5 Å². The van der Waals surface area contributed by atoms with Gasteiger partial charge in [0.15, 0.2) is 6.29 Å². The van der Waals surface area contributed by atoms with E-state index in [2.05, 4.69) is 0 Å². The zero-order valence-corrected chi connectivity index (χ0v) is 8.84. The highest BCUT2D eigenvalue weighted by Crippen LogP contribution is 2.25. The van der Waals surface area contributed by atoms with E-state index in [1.165, 1.54) is 7.11 Å². The molecule has 0 radical (unpaired) electrons. The highest BCUT2D eigenvalue weighted by Gasteiger charge is 2.41. The van der Waals surface area contributed by atoms with E-state index in [1.807, 2.05) is 6.92 Å². The first-order valence-electron chi connectivity index (χ1n) is 4.72. The Morgan fingerprint density at radius 3 is 2.57 bits per heavy atom. The number of hydrogen-bond acceptors (Lipinski definition) is 5. The van der Waals surface area contributed by atoms with Crippen molar-refractivity contribution in [2.45, 2.75) is 31.5 Å². The molecule has 14 heavy (non-hydrogen) atoms. The van der Waals surface area contributed by atoms with E-state index < -0.39 is 18.4 Å². The lowest BCUT2D eigenvalue weighted by Crippen LogP contribution is -2.59. The lowest BCUT2D eigenvalue weighted by atomic mass is 9.90. The number of aliphatic hydroxyl groups is 1. The fourth-order valence-corrected chi connectivity index (χ4v) is 1.69. The second kappa shape index (κ2) is 5.04. The molecule has 0 saturated carbocycles. The summed E-state index contributed by atoms with van der Waals surface area (Å²) in [5, 5.41) is 9.80. The summed E-state index contributed by atoms with van der Waals surface area (Å²) in [5.41, 5.74) is 5.74. The van der Waals surface area contributed by atoms with E-state index in [1.54, 1.807) is 7.11 Å². The molecule has 0 aromatic carbocycles. The molecule has 5 atom stereocenters. The number of rotatable bonds is 3. The van der Waals surface area contributed by atoms with Crippen molar-refractivity contribution in [1.29, 1.82) is 0 Å². The molecule has 3 N–H and O–H groups in total. The number of hydrogen-bond donors (Lipinski definition) is 2. The molecule has 5 unspecified atom stereocenters. The molecule has 1 aliphatic heterocycles. The molecular weight excluding hydrogens is 186 g/mol. The molecule has 0 amide bonds. The van der Waals surface area contributed by atoms with Crippen LogP contribution in [0.3, 0.4) is 0 Å². The number of ether oxygens (including phenoxy) is 3. The van der Waals surface area contributed by atoms with Crippen molar-refractivity contribution in [1.82, 2.24) is 0 Å². The van der Waals surface area contributed by atoms with E-state index >= 15 is 0 Å². The van der Waals surface area contributed by atoms with Crippen LogP contribution in [0.1, 0.15) is 6.92 Å². The maximum atomic E-state index is 9.80. The van der Waals surface area contributed by atoms with Crippen molar-refractivity contribution < 1.29 is 19.3 Å². The minimum absolute atomic E-state index is 0.0450. The van der Waals surface area contributed by atoms with Gasteiger partial charge in [-0.15, -0.1) is 0 Å². The normalized spacial score (nSPS) is 43.9. The summed E-state index contributed by atoms with van der Waals surface area (Å²) in [4.78, 5) is 0. The van der Waals surface area contributed by atoms with Gasteiger partial charge in [-0.05, 0) is 0 Å². The van der Waals surface area contributed by atoms with Crippen LogP contribution in [0.2, 0.25) is 0 Å². The van der Waals surface area contributed by atoms with Gasteiger partial charge in [-0.25, -0.2) is 0 Å². The van der Waals surface area contributed by atoms with Crippen molar-refractivity contribution in [2.75, 3.05) is 20.8 Å². The third kappa shape index (κ3) is 2.24. The second-order valence-corrected chi connectivity index (χ2v) is 3.66. The fraction of sp³-hybridized carbons (Fsp3) is 1.00. The molecule has 1 aliphatic rings. The minimum Gasteiger partial charge on any atom is -0.391 e. The van der Waals surface area contributed by atoms with Gasteiger partial charge in [-0.3, -0.25) is 0 Å². The van der Waals surface area contributed by atoms with Crippen molar-refractivity contribution in [3.8, 4) is 0 Å². The lowest BCUT2D eigenvalue weighted by molar-refractivity contribution is -0.242. The highest BCUT2D eigenvalue weighted by molar-refractivity contribution is 4.89. The SMILES string of the molecule is COCC1OC(OC)C(N)C(O)C1C. The van der Waals surface area contributed by atoms with Gasteiger partial charge in [-0.1, -0.05) is 6.92 Å². The highest BCUT2D eigenvalue weighted by atomic mass is 16.7. The second-order valence-electron chi connectivity index (χ2n) is 3.66. The first-order valence-corrected chi connectivity index (χ1v) is 4.72. The van der Waals surface area contributed by atoms with E-state index in [0.29, 0.717) is 6.61 Å². The van der Waals surface area contributed by atoms with Crippen LogP contribution < -0.4 is 5.73 Å². The quantitative estimate of drug-likeness (QED) is 0.639. The van der Waals surface area contributed by atoms with Crippen LogP contribution in [0.25, 0.3) is 0 Å². The first-order chi connectivity index (χ1) is 6.61. The van der Waals surface area contributed by atoms with E-state index in [4.69, 9.17) is 19.9 Å². The summed E-state index contributed by atoms with van der Waals surface area (Å²) >= 11 is 0. The maximum Gasteiger partial charge on any atom is 0.175 e. The zero-order chi connectivity index (χ0) is 10.7. The van der Waals surface area contributed by atoms with Crippen LogP contribution in [0.4, 0.5) is 0 Å². The van der Waals surface area contributed by atoms with Gasteiger partial charge in [0, 0.05) is 20.1 Å².